The Morgan fingerprint density at radius 3 is 2.24 bits per heavy atom. The van der Waals surface area contributed by atoms with Crippen LogP contribution < -0.4 is 5.73 Å². The average Bonchev–Trinajstić information content (AvgIpc) is 2.30. The summed E-state index contributed by atoms with van der Waals surface area (Å²) in [5.74, 6) is -0.740. The van der Waals surface area contributed by atoms with E-state index in [4.69, 9.17) is 5.73 Å². The number of primary amides is 1. The molecule has 0 aliphatic carbocycles. The molecule has 1 rings (SSSR count). The van der Waals surface area contributed by atoms with Crippen LogP contribution in [0.4, 0.5) is 0 Å². The molecule has 94 valence electrons. The lowest BCUT2D eigenvalue weighted by molar-refractivity contribution is 0.0997. The molecule has 1 amide bonds. The first-order valence-corrected chi connectivity index (χ1v) is 6.78. The molecule has 0 bridgehead atoms. The molecule has 2 N–H and O–H groups in total. The van der Waals surface area contributed by atoms with Crippen LogP contribution >= 0.6 is 0 Å². The molecule has 17 heavy (non-hydrogen) atoms. The number of benzene rings is 1. The van der Waals surface area contributed by atoms with Crippen molar-refractivity contribution in [2.45, 2.75) is 18.7 Å². The van der Waals surface area contributed by atoms with E-state index < -0.39 is 15.9 Å². The van der Waals surface area contributed by atoms with Crippen molar-refractivity contribution in [3.8, 4) is 0 Å². The second-order valence-corrected chi connectivity index (χ2v) is 5.36. The maximum Gasteiger partial charge on any atom is 0.250 e. The van der Waals surface area contributed by atoms with Gasteiger partial charge in [-0.15, -0.1) is 0 Å². The van der Waals surface area contributed by atoms with Crippen LogP contribution in [0.25, 0.3) is 0 Å². The third-order valence-corrected chi connectivity index (χ3v) is 4.58. The fourth-order valence-corrected chi connectivity index (χ4v) is 3.25. The van der Waals surface area contributed by atoms with E-state index in [1.807, 2.05) is 0 Å². The maximum atomic E-state index is 12.2. The normalized spacial score (nSPS) is 11.7. The Morgan fingerprint density at radius 2 is 1.76 bits per heavy atom. The highest BCUT2D eigenvalue weighted by molar-refractivity contribution is 7.89. The van der Waals surface area contributed by atoms with Crippen molar-refractivity contribution in [1.29, 1.82) is 0 Å². The summed E-state index contributed by atoms with van der Waals surface area (Å²) in [6.07, 6.45) is 0. The Bertz CT molecular complexity index is 507. The van der Waals surface area contributed by atoms with Crippen LogP contribution in [0.1, 0.15) is 24.2 Å². The largest absolute Gasteiger partial charge is 0.366 e. The molecule has 0 aliphatic rings. The van der Waals surface area contributed by atoms with E-state index in [2.05, 4.69) is 0 Å². The van der Waals surface area contributed by atoms with E-state index in [0.29, 0.717) is 13.1 Å². The van der Waals surface area contributed by atoms with Crippen LogP contribution in [0.15, 0.2) is 29.2 Å². The van der Waals surface area contributed by atoms with Crippen LogP contribution in [0.2, 0.25) is 0 Å². The SMILES string of the molecule is CCN(CC)S(=O)(=O)c1ccccc1C(N)=O. The number of rotatable bonds is 5. The number of sulfonamides is 1. The Kier molecular flexibility index (Phi) is 4.25. The summed E-state index contributed by atoms with van der Waals surface area (Å²) in [7, 11) is -3.64. The lowest BCUT2D eigenvalue weighted by Gasteiger charge is -2.19. The molecule has 0 radical (unpaired) electrons. The first-order valence-electron chi connectivity index (χ1n) is 5.34. The van der Waals surface area contributed by atoms with Gasteiger partial charge in [0.1, 0.15) is 0 Å². The zero-order valence-electron chi connectivity index (χ0n) is 9.88. The molecule has 0 spiro atoms. The molecule has 6 heteroatoms. The van der Waals surface area contributed by atoms with Crippen LogP contribution in [0.5, 0.6) is 0 Å². The summed E-state index contributed by atoms with van der Waals surface area (Å²) < 4.78 is 25.8. The topological polar surface area (TPSA) is 80.5 Å². The Morgan fingerprint density at radius 1 is 1.24 bits per heavy atom. The van der Waals surface area contributed by atoms with Gasteiger partial charge in [0.05, 0.1) is 10.5 Å². The van der Waals surface area contributed by atoms with Gasteiger partial charge in [-0.3, -0.25) is 4.79 Å². The maximum absolute atomic E-state index is 12.2. The van der Waals surface area contributed by atoms with Gasteiger partial charge in [-0.2, -0.15) is 4.31 Å². The van der Waals surface area contributed by atoms with Crippen molar-refractivity contribution in [3.63, 3.8) is 0 Å². The highest BCUT2D eigenvalue weighted by atomic mass is 32.2. The number of nitrogens with two attached hydrogens (primary N) is 1. The molecule has 0 aliphatic heterocycles. The smallest absolute Gasteiger partial charge is 0.250 e. The summed E-state index contributed by atoms with van der Waals surface area (Å²) in [5, 5.41) is 0. The van der Waals surface area contributed by atoms with Crippen molar-refractivity contribution < 1.29 is 13.2 Å². The van der Waals surface area contributed by atoms with Gasteiger partial charge in [0.15, 0.2) is 0 Å². The van der Waals surface area contributed by atoms with E-state index in [1.54, 1.807) is 26.0 Å². The van der Waals surface area contributed by atoms with Gasteiger partial charge >= 0.3 is 0 Å². The Hall–Kier alpha value is -1.40. The molecule has 1 aromatic carbocycles. The first kappa shape index (κ1) is 13.7. The zero-order valence-corrected chi connectivity index (χ0v) is 10.7. The molecule has 0 aromatic heterocycles. The van der Waals surface area contributed by atoms with Gasteiger partial charge in [-0.1, -0.05) is 26.0 Å². The fraction of sp³-hybridized carbons (Fsp3) is 0.364. The first-order chi connectivity index (χ1) is 7.95. The van der Waals surface area contributed by atoms with Crippen LogP contribution in [-0.2, 0) is 10.0 Å². The lowest BCUT2D eigenvalue weighted by atomic mass is 10.2. The number of carbonyl (C=O) groups excluding carboxylic acids is 1. The monoisotopic (exact) mass is 256 g/mol. The Labute approximate surface area is 101 Å². The molecule has 5 nitrogen and oxygen atoms in total. The van der Waals surface area contributed by atoms with E-state index in [-0.39, 0.29) is 10.5 Å². The second kappa shape index (κ2) is 5.29. The summed E-state index contributed by atoms with van der Waals surface area (Å²) in [6.45, 7) is 4.19. The van der Waals surface area contributed by atoms with Crippen LogP contribution in [-0.4, -0.2) is 31.7 Å². The highest BCUT2D eigenvalue weighted by Gasteiger charge is 2.25. The van der Waals surface area contributed by atoms with Gasteiger partial charge in [0.25, 0.3) is 0 Å². The van der Waals surface area contributed by atoms with Gasteiger partial charge < -0.3 is 5.73 Å². The molecule has 0 fully saturated rings. The molecule has 0 heterocycles. The summed E-state index contributed by atoms with van der Waals surface area (Å²) in [6, 6.07) is 5.97. The quantitative estimate of drug-likeness (QED) is 0.846. The van der Waals surface area contributed by atoms with Gasteiger partial charge in [-0.05, 0) is 12.1 Å². The van der Waals surface area contributed by atoms with E-state index in [1.165, 1.54) is 16.4 Å². The second-order valence-electron chi connectivity index (χ2n) is 3.45. The molecule has 0 saturated heterocycles. The molecule has 0 unspecified atom stereocenters. The summed E-state index contributed by atoms with van der Waals surface area (Å²) in [5.41, 5.74) is 5.20. The zero-order chi connectivity index (χ0) is 13.1. The van der Waals surface area contributed by atoms with Crippen molar-refractivity contribution >= 4 is 15.9 Å². The lowest BCUT2D eigenvalue weighted by Crippen LogP contribution is -2.32. The van der Waals surface area contributed by atoms with Gasteiger partial charge in [0.2, 0.25) is 15.9 Å². The standard InChI is InChI=1S/C11H16N2O3S/c1-3-13(4-2)17(15,16)10-8-6-5-7-9(10)11(12)14/h5-8H,3-4H2,1-2H3,(H2,12,14). The van der Waals surface area contributed by atoms with E-state index >= 15 is 0 Å². The van der Waals surface area contributed by atoms with Crippen molar-refractivity contribution in [2.75, 3.05) is 13.1 Å². The number of nitrogens with zero attached hydrogens (tertiary/aromatic N) is 1. The van der Waals surface area contributed by atoms with Gasteiger partial charge in [-0.25, -0.2) is 8.42 Å². The van der Waals surface area contributed by atoms with Crippen LogP contribution in [0, 0.1) is 0 Å². The van der Waals surface area contributed by atoms with Crippen LogP contribution in [0.3, 0.4) is 0 Å². The predicted octanol–water partition coefficient (Wildman–Crippen LogP) is 0.816. The minimum absolute atomic E-state index is 0.0272. The number of amides is 1. The molecule has 0 atom stereocenters. The fourth-order valence-electron chi connectivity index (χ4n) is 1.60. The number of hydrogen-bond acceptors (Lipinski definition) is 3. The van der Waals surface area contributed by atoms with E-state index in [0.717, 1.165) is 0 Å². The summed E-state index contributed by atoms with van der Waals surface area (Å²) in [4.78, 5) is 11.2. The molecule has 0 saturated carbocycles. The third-order valence-electron chi connectivity index (χ3n) is 2.48. The molecule has 1 aromatic rings. The number of hydrogen-bond donors (Lipinski definition) is 1. The predicted molar refractivity (Wildman–Crippen MR) is 65.1 cm³/mol. The van der Waals surface area contributed by atoms with Crippen molar-refractivity contribution in [1.82, 2.24) is 4.31 Å². The minimum atomic E-state index is -3.64. The number of carbonyl (C=O) groups is 1. The molecular weight excluding hydrogens is 240 g/mol. The highest BCUT2D eigenvalue weighted by Crippen LogP contribution is 2.19. The van der Waals surface area contributed by atoms with E-state index in [9.17, 15) is 13.2 Å². The van der Waals surface area contributed by atoms with Crippen molar-refractivity contribution in [2.24, 2.45) is 5.73 Å². The Balaban J connectivity index is 3.38. The van der Waals surface area contributed by atoms with Crippen molar-refractivity contribution in [3.05, 3.63) is 29.8 Å². The third kappa shape index (κ3) is 2.65. The minimum Gasteiger partial charge on any atom is -0.366 e. The van der Waals surface area contributed by atoms with Gasteiger partial charge in [0, 0.05) is 13.1 Å². The molecular formula is C11H16N2O3S. The summed E-state index contributed by atoms with van der Waals surface area (Å²) >= 11 is 0. The average molecular weight is 256 g/mol.